The standard InChI is InChI=1S/C24H30N4O4S/c1-17(2)22(25-23-19-9-5-7-11-21(19)33(30,31)26-23)24(29)27(3)16-18-8-4-6-10-20(18)28-12-14-32-15-13-28/h4-11,17,22H,12-16H2,1-3H3,(H,25,26)/t22-/m0/s1. The van der Waals surface area contributed by atoms with Crippen LogP contribution in [0.2, 0.25) is 0 Å². The number of hydrogen-bond donors (Lipinski definition) is 1. The van der Waals surface area contributed by atoms with Crippen molar-refractivity contribution in [2.75, 3.05) is 38.3 Å². The lowest BCUT2D eigenvalue weighted by Crippen LogP contribution is -2.40. The van der Waals surface area contributed by atoms with Crippen LogP contribution in [0.1, 0.15) is 25.0 Å². The molecule has 2 heterocycles. The van der Waals surface area contributed by atoms with Crippen LogP contribution in [-0.4, -0.2) is 64.5 Å². The van der Waals surface area contributed by atoms with E-state index in [1.54, 1.807) is 36.2 Å². The molecule has 176 valence electrons. The van der Waals surface area contributed by atoms with E-state index >= 15 is 0 Å². The zero-order chi connectivity index (χ0) is 23.6. The Morgan fingerprint density at radius 3 is 2.52 bits per heavy atom. The van der Waals surface area contributed by atoms with Crippen LogP contribution < -0.4 is 9.62 Å². The minimum Gasteiger partial charge on any atom is -0.378 e. The van der Waals surface area contributed by atoms with Crippen LogP contribution in [0.3, 0.4) is 0 Å². The Labute approximate surface area is 195 Å². The molecule has 2 aromatic carbocycles. The second-order valence-electron chi connectivity index (χ2n) is 8.69. The maximum absolute atomic E-state index is 13.4. The average molecular weight is 471 g/mol. The third-order valence-electron chi connectivity index (χ3n) is 5.94. The summed E-state index contributed by atoms with van der Waals surface area (Å²) in [5, 5.41) is 0. The summed E-state index contributed by atoms with van der Waals surface area (Å²) < 4.78 is 32.9. The summed E-state index contributed by atoms with van der Waals surface area (Å²) in [7, 11) is -1.90. The predicted octanol–water partition coefficient (Wildman–Crippen LogP) is 2.24. The molecule has 0 bridgehead atoms. The number of aliphatic imine (C=N–C) groups is 1. The highest BCUT2D eigenvalue weighted by molar-refractivity contribution is 7.90. The molecule has 0 aromatic heterocycles. The molecule has 0 unspecified atom stereocenters. The number of benzene rings is 2. The monoisotopic (exact) mass is 470 g/mol. The molecule has 4 rings (SSSR count). The Bertz CT molecular complexity index is 1160. The van der Waals surface area contributed by atoms with Gasteiger partial charge < -0.3 is 14.5 Å². The van der Waals surface area contributed by atoms with Crippen molar-refractivity contribution < 1.29 is 17.9 Å². The van der Waals surface area contributed by atoms with Gasteiger partial charge in [0.25, 0.3) is 10.0 Å². The van der Waals surface area contributed by atoms with Gasteiger partial charge in [0.05, 0.1) is 18.1 Å². The van der Waals surface area contributed by atoms with Gasteiger partial charge in [-0.1, -0.05) is 44.2 Å². The Kier molecular flexibility index (Phi) is 6.71. The minimum atomic E-state index is -3.66. The Hall–Kier alpha value is -2.91. The molecule has 1 atom stereocenters. The van der Waals surface area contributed by atoms with E-state index in [1.165, 1.54) is 0 Å². The Morgan fingerprint density at radius 2 is 1.79 bits per heavy atom. The van der Waals surface area contributed by atoms with E-state index in [2.05, 4.69) is 20.7 Å². The largest absolute Gasteiger partial charge is 0.378 e. The normalized spacial score (nSPS) is 19.3. The topological polar surface area (TPSA) is 91.3 Å². The number of carbonyl (C=O) groups is 1. The highest BCUT2D eigenvalue weighted by Crippen LogP contribution is 2.25. The first kappa shape index (κ1) is 23.3. The third-order valence-corrected chi connectivity index (χ3v) is 7.34. The molecule has 1 fully saturated rings. The first-order valence-electron chi connectivity index (χ1n) is 11.1. The smallest absolute Gasteiger partial charge is 0.263 e. The number of hydrogen-bond acceptors (Lipinski definition) is 6. The second-order valence-corrected chi connectivity index (χ2v) is 10.3. The summed E-state index contributed by atoms with van der Waals surface area (Å²) in [5.41, 5.74) is 2.65. The highest BCUT2D eigenvalue weighted by Gasteiger charge is 2.33. The van der Waals surface area contributed by atoms with E-state index in [0.29, 0.717) is 25.3 Å². The highest BCUT2D eigenvalue weighted by atomic mass is 32.2. The molecule has 0 saturated carbocycles. The van der Waals surface area contributed by atoms with Crippen molar-refractivity contribution in [3.8, 4) is 0 Å². The van der Waals surface area contributed by atoms with E-state index in [0.717, 1.165) is 24.3 Å². The van der Waals surface area contributed by atoms with Crippen molar-refractivity contribution in [3.05, 3.63) is 59.7 Å². The number of nitrogens with one attached hydrogen (secondary N) is 1. The quantitative estimate of drug-likeness (QED) is 0.699. The van der Waals surface area contributed by atoms with Gasteiger partial charge in [-0.3, -0.25) is 14.5 Å². The van der Waals surface area contributed by atoms with Crippen molar-refractivity contribution in [1.29, 1.82) is 0 Å². The lowest BCUT2D eigenvalue weighted by atomic mass is 10.0. The summed E-state index contributed by atoms with van der Waals surface area (Å²) in [6.45, 7) is 7.27. The third kappa shape index (κ3) is 4.89. The first-order chi connectivity index (χ1) is 15.8. The van der Waals surface area contributed by atoms with E-state index in [4.69, 9.17) is 4.74 Å². The van der Waals surface area contributed by atoms with Crippen molar-refractivity contribution in [3.63, 3.8) is 0 Å². The van der Waals surface area contributed by atoms with E-state index in [1.807, 2.05) is 32.0 Å². The summed E-state index contributed by atoms with van der Waals surface area (Å²) in [6, 6.07) is 14.1. The number of fused-ring (bicyclic) bond motifs is 1. The van der Waals surface area contributed by atoms with Crippen LogP contribution >= 0.6 is 0 Å². The molecule has 0 aliphatic carbocycles. The molecule has 2 aromatic rings. The molecule has 2 aliphatic heterocycles. The van der Waals surface area contributed by atoms with Gasteiger partial charge in [-0.25, -0.2) is 8.42 Å². The molecule has 9 heteroatoms. The maximum Gasteiger partial charge on any atom is 0.263 e. The lowest BCUT2D eigenvalue weighted by molar-refractivity contribution is -0.132. The van der Waals surface area contributed by atoms with Crippen LogP contribution in [0.5, 0.6) is 0 Å². The van der Waals surface area contributed by atoms with Crippen molar-refractivity contribution in [2.24, 2.45) is 10.9 Å². The molecule has 1 amide bonds. The van der Waals surface area contributed by atoms with Crippen LogP contribution in [-0.2, 0) is 26.1 Å². The fraction of sp³-hybridized carbons (Fsp3) is 0.417. The summed E-state index contributed by atoms with van der Waals surface area (Å²) in [4.78, 5) is 22.2. The number of sulfonamides is 1. The molecule has 1 N–H and O–H groups in total. The SMILES string of the molecule is CC(C)[C@H](N=C1NS(=O)(=O)c2ccccc21)C(=O)N(C)Cc1ccccc1N1CCOCC1. The van der Waals surface area contributed by atoms with Gasteiger partial charge in [-0.05, 0) is 29.7 Å². The molecule has 33 heavy (non-hydrogen) atoms. The van der Waals surface area contributed by atoms with Crippen molar-refractivity contribution in [2.45, 2.75) is 31.3 Å². The van der Waals surface area contributed by atoms with E-state index in [-0.39, 0.29) is 22.6 Å². The van der Waals surface area contributed by atoms with Gasteiger partial charge >= 0.3 is 0 Å². The Balaban J connectivity index is 1.57. The van der Waals surface area contributed by atoms with Crippen LogP contribution in [0.25, 0.3) is 0 Å². The van der Waals surface area contributed by atoms with Crippen molar-refractivity contribution >= 4 is 27.5 Å². The predicted molar refractivity (Wildman–Crippen MR) is 128 cm³/mol. The molecular weight excluding hydrogens is 440 g/mol. The zero-order valence-corrected chi connectivity index (χ0v) is 20.0. The average Bonchev–Trinajstić information content (AvgIpc) is 3.07. The summed E-state index contributed by atoms with van der Waals surface area (Å²) in [6.07, 6.45) is 0. The minimum absolute atomic E-state index is 0.112. The van der Waals surface area contributed by atoms with Gasteiger partial charge in [0, 0.05) is 37.9 Å². The van der Waals surface area contributed by atoms with Gasteiger partial charge in [-0.2, -0.15) is 0 Å². The second kappa shape index (κ2) is 9.52. The number of rotatable bonds is 6. The number of para-hydroxylation sites is 1. The number of carbonyl (C=O) groups excluding carboxylic acids is 1. The fourth-order valence-electron chi connectivity index (χ4n) is 4.17. The number of nitrogens with zero attached hydrogens (tertiary/aromatic N) is 3. The lowest BCUT2D eigenvalue weighted by Gasteiger charge is -2.32. The van der Waals surface area contributed by atoms with Gasteiger partial charge in [0.1, 0.15) is 11.9 Å². The number of morpholine rings is 1. The molecule has 8 nitrogen and oxygen atoms in total. The van der Waals surface area contributed by atoms with Gasteiger partial charge in [0.2, 0.25) is 5.91 Å². The van der Waals surface area contributed by atoms with E-state index < -0.39 is 16.1 Å². The van der Waals surface area contributed by atoms with E-state index in [9.17, 15) is 13.2 Å². The number of amidine groups is 1. The molecule has 0 radical (unpaired) electrons. The number of ether oxygens (including phenoxy) is 1. The number of anilines is 1. The number of likely N-dealkylation sites (N-methyl/N-ethyl adjacent to an activating group) is 1. The molecule has 1 saturated heterocycles. The van der Waals surface area contributed by atoms with Gasteiger partial charge in [-0.15, -0.1) is 0 Å². The molecule has 2 aliphatic rings. The van der Waals surface area contributed by atoms with Gasteiger partial charge in [0.15, 0.2) is 0 Å². The summed E-state index contributed by atoms with van der Waals surface area (Å²) in [5.74, 6) is -0.0446. The molecular formula is C24H30N4O4S. The first-order valence-corrected chi connectivity index (χ1v) is 12.6. The van der Waals surface area contributed by atoms with Crippen LogP contribution in [0, 0.1) is 5.92 Å². The zero-order valence-electron chi connectivity index (χ0n) is 19.2. The van der Waals surface area contributed by atoms with Crippen LogP contribution in [0.15, 0.2) is 58.4 Å². The number of amides is 1. The fourth-order valence-corrected chi connectivity index (χ4v) is 5.41. The Morgan fingerprint density at radius 1 is 1.12 bits per heavy atom. The maximum atomic E-state index is 13.4. The summed E-state index contributed by atoms with van der Waals surface area (Å²) >= 11 is 0. The van der Waals surface area contributed by atoms with Crippen LogP contribution in [0.4, 0.5) is 5.69 Å². The molecule has 0 spiro atoms. The van der Waals surface area contributed by atoms with Crippen molar-refractivity contribution in [1.82, 2.24) is 9.62 Å².